The quantitative estimate of drug-likeness (QED) is 0.563. The van der Waals surface area contributed by atoms with Gasteiger partial charge < -0.3 is 10.6 Å². The van der Waals surface area contributed by atoms with Gasteiger partial charge in [0.1, 0.15) is 0 Å². The third-order valence-corrected chi connectivity index (χ3v) is 5.38. The first-order valence-electron chi connectivity index (χ1n) is 9.33. The van der Waals surface area contributed by atoms with Gasteiger partial charge in [0.25, 0.3) is 5.91 Å². The third-order valence-electron chi connectivity index (χ3n) is 4.30. The summed E-state index contributed by atoms with van der Waals surface area (Å²) in [6, 6.07) is 20.3. The maximum atomic E-state index is 12.8. The van der Waals surface area contributed by atoms with Crippen LogP contribution in [0.2, 0.25) is 0 Å². The molecule has 0 aliphatic carbocycles. The molecule has 0 saturated heterocycles. The number of aryl methyl sites for hydroxylation is 1. The fraction of sp³-hybridized carbons (Fsp3) is 0.174. The Hall–Kier alpha value is -3.12. The molecule has 148 valence electrons. The number of hydrogen-bond acceptors (Lipinski definition) is 4. The summed E-state index contributed by atoms with van der Waals surface area (Å²) in [5.74, 6) is -0.0883. The van der Waals surface area contributed by atoms with E-state index < -0.39 is 0 Å². The maximum Gasteiger partial charge on any atom is 0.252 e. The van der Waals surface area contributed by atoms with Gasteiger partial charge >= 0.3 is 0 Å². The van der Waals surface area contributed by atoms with Crippen LogP contribution in [0.5, 0.6) is 0 Å². The topological polar surface area (TPSA) is 71.1 Å². The van der Waals surface area contributed by atoms with Crippen molar-refractivity contribution in [3.63, 3.8) is 0 Å². The zero-order chi connectivity index (χ0) is 20.6. The molecule has 5 nitrogen and oxygen atoms in total. The van der Waals surface area contributed by atoms with Crippen molar-refractivity contribution in [1.82, 2.24) is 10.3 Å². The summed E-state index contributed by atoms with van der Waals surface area (Å²) < 4.78 is 0. The Balaban J connectivity index is 1.61. The number of pyridine rings is 1. The zero-order valence-corrected chi connectivity index (χ0v) is 17.2. The highest BCUT2D eigenvalue weighted by molar-refractivity contribution is 8.00. The number of nitrogens with one attached hydrogen (secondary N) is 2. The van der Waals surface area contributed by atoms with Crippen molar-refractivity contribution in [1.29, 1.82) is 0 Å². The number of hydrogen-bond donors (Lipinski definition) is 2. The molecule has 0 aliphatic heterocycles. The fourth-order valence-corrected chi connectivity index (χ4v) is 3.59. The Morgan fingerprint density at radius 1 is 1.00 bits per heavy atom. The van der Waals surface area contributed by atoms with Crippen LogP contribution in [-0.4, -0.2) is 22.6 Å². The zero-order valence-electron chi connectivity index (χ0n) is 16.4. The molecule has 2 aromatic carbocycles. The first-order chi connectivity index (χ1) is 14.0. The number of aromatic nitrogens is 1. The lowest BCUT2D eigenvalue weighted by molar-refractivity contribution is -0.113. The molecule has 3 aromatic rings. The Morgan fingerprint density at radius 2 is 1.72 bits per heavy atom. The van der Waals surface area contributed by atoms with Gasteiger partial charge in [-0.25, -0.2) is 0 Å². The third kappa shape index (κ3) is 5.93. The van der Waals surface area contributed by atoms with Crippen LogP contribution >= 0.6 is 11.8 Å². The molecular formula is C23H23N3O2S. The van der Waals surface area contributed by atoms with Gasteiger partial charge in [0.05, 0.1) is 23.1 Å². The highest BCUT2D eigenvalue weighted by Crippen LogP contribution is 2.24. The summed E-state index contributed by atoms with van der Waals surface area (Å²) in [4.78, 5) is 30.1. The summed E-state index contributed by atoms with van der Waals surface area (Å²) in [5.41, 5.74) is 3.24. The Labute approximate surface area is 175 Å². The molecule has 29 heavy (non-hydrogen) atoms. The van der Waals surface area contributed by atoms with Gasteiger partial charge in [0.2, 0.25) is 5.91 Å². The second-order valence-electron chi connectivity index (χ2n) is 6.65. The number of nitrogens with zero attached hydrogens (tertiary/aromatic N) is 1. The van der Waals surface area contributed by atoms with E-state index in [1.807, 2.05) is 74.5 Å². The molecule has 6 heteroatoms. The monoisotopic (exact) mass is 405 g/mol. The Bertz CT molecular complexity index is 975. The van der Waals surface area contributed by atoms with Crippen LogP contribution in [0.15, 0.2) is 77.8 Å². The predicted octanol–water partition coefficient (Wildman–Crippen LogP) is 4.61. The molecule has 0 radical (unpaired) electrons. The number of anilines is 1. The fourth-order valence-electron chi connectivity index (χ4n) is 2.74. The molecule has 1 heterocycles. The SMILES string of the molecule is Cc1ccc(NC(=O)CSc2ccccc2C(=O)NC(C)c2ccccn2)cc1. The molecular weight excluding hydrogens is 382 g/mol. The van der Waals surface area contributed by atoms with Gasteiger partial charge in [-0.2, -0.15) is 0 Å². The molecule has 1 aromatic heterocycles. The van der Waals surface area contributed by atoms with E-state index >= 15 is 0 Å². The summed E-state index contributed by atoms with van der Waals surface area (Å²) in [6.07, 6.45) is 1.70. The van der Waals surface area contributed by atoms with Crippen molar-refractivity contribution in [2.24, 2.45) is 0 Å². The average molecular weight is 406 g/mol. The van der Waals surface area contributed by atoms with Crippen molar-refractivity contribution in [3.8, 4) is 0 Å². The molecule has 2 N–H and O–H groups in total. The highest BCUT2D eigenvalue weighted by atomic mass is 32.2. The number of rotatable bonds is 7. The van der Waals surface area contributed by atoms with Crippen LogP contribution in [0.25, 0.3) is 0 Å². The minimum Gasteiger partial charge on any atom is -0.344 e. The largest absolute Gasteiger partial charge is 0.344 e. The molecule has 0 spiro atoms. The lowest BCUT2D eigenvalue weighted by Crippen LogP contribution is -2.27. The second kappa shape index (κ2) is 9.89. The molecule has 1 unspecified atom stereocenters. The number of thioether (sulfide) groups is 1. The van der Waals surface area contributed by atoms with Crippen molar-refractivity contribution in [3.05, 3.63) is 89.7 Å². The van der Waals surface area contributed by atoms with Gasteiger partial charge in [0.15, 0.2) is 0 Å². The average Bonchev–Trinajstić information content (AvgIpc) is 2.74. The Morgan fingerprint density at radius 3 is 2.45 bits per heavy atom. The van der Waals surface area contributed by atoms with Crippen molar-refractivity contribution in [2.45, 2.75) is 24.8 Å². The van der Waals surface area contributed by atoms with E-state index in [0.29, 0.717) is 5.56 Å². The van der Waals surface area contributed by atoms with E-state index in [4.69, 9.17) is 0 Å². The molecule has 0 fully saturated rings. The van der Waals surface area contributed by atoms with Gasteiger partial charge in [-0.3, -0.25) is 14.6 Å². The van der Waals surface area contributed by atoms with Crippen LogP contribution in [-0.2, 0) is 4.79 Å². The maximum absolute atomic E-state index is 12.8. The number of benzene rings is 2. The van der Waals surface area contributed by atoms with Gasteiger partial charge in [-0.1, -0.05) is 35.9 Å². The summed E-state index contributed by atoms with van der Waals surface area (Å²) in [7, 11) is 0. The first-order valence-corrected chi connectivity index (χ1v) is 10.3. The lowest BCUT2D eigenvalue weighted by atomic mass is 10.1. The highest BCUT2D eigenvalue weighted by Gasteiger charge is 2.16. The number of carbonyl (C=O) groups excluding carboxylic acids is 2. The second-order valence-corrected chi connectivity index (χ2v) is 7.67. The molecule has 0 bridgehead atoms. The van der Waals surface area contributed by atoms with Crippen LogP contribution in [0, 0.1) is 6.92 Å². The van der Waals surface area contributed by atoms with Gasteiger partial charge in [-0.15, -0.1) is 11.8 Å². The lowest BCUT2D eigenvalue weighted by Gasteiger charge is -2.15. The summed E-state index contributed by atoms with van der Waals surface area (Å²) in [6.45, 7) is 3.89. The van der Waals surface area contributed by atoms with Crippen LogP contribution in [0.4, 0.5) is 5.69 Å². The standard InChI is InChI=1S/C23H23N3O2S/c1-16-10-12-18(13-11-16)26-22(27)15-29-21-9-4-3-7-19(21)23(28)25-17(2)20-8-5-6-14-24-20/h3-14,17H,15H2,1-2H3,(H,25,28)(H,26,27). The van der Waals surface area contributed by atoms with E-state index in [0.717, 1.165) is 21.8 Å². The predicted molar refractivity (Wildman–Crippen MR) is 117 cm³/mol. The first kappa shape index (κ1) is 20.6. The summed E-state index contributed by atoms with van der Waals surface area (Å²) >= 11 is 1.34. The molecule has 0 aliphatic rings. The normalized spacial score (nSPS) is 11.5. The Kier molecular flexibility index (Phi) is 7.03. The van der Waals surface area contributed by atoms with Crippen molar-refractivity contribution >= 4 is 29.3 Å². The van der Waals surface area contributed by atoms with Crippen molar-refractivity contribution < 1.29 is 9.59 Å². The van der Waals surface area contributed by atoms with E-state index in [1.165, 1.54) is 11.8 Å². The summed E-state index contributed by atoms with van der Waals surface area (Å²) in [5, 5.41) is 5.84. The number of amides is 2. The smallest absolute Gasteiger partial charge is 0.252 e. The van der Waals surface area contributed by atoms with Crippen LogP contribution in [0.1, 0.15) is 34.6 Å². The van der Waals surface area contributed by atoms with Gasteiger partial charge in [0, 0.05) is 16.8 Å². The molecule has 3 rings (SSSR count). The van der Waals surface area contributed by atoms with E-state index in [-0.39, 0.29) is 23.6 Å². The van der Waals surface area contributed by atoms with Crippen LogP contribution in [0.3, 0.4) is 0 Å². The number of carbonyl (C=O) groups is 2. The van der Waals surface area contributed by atoms with Crippen LogP contribution < -0.4 is 10.6 Å². The molecule has 2 amide bonds. The van der Waals surface area contributed by atoms with E-state index in [9.17, 15) is 9.59 Å². The van der Waals surface area contributed by atoms with Crippen molar-refractivity contribution in [2.75, 3.05) is 11.1 Å². The minimum atomic E-state index is -0.216. The molecule has 0 saturated carbocycles. The minimum absolute atomic E-state index is 0.115. The van der Waals surface area contributed by atoms with Gasteiger partial charge in [-0.05, 0) is 50.2 Å². The van der Waals surface area contributed by atoms with E-state index in [2.05, 4.69) is 15.6 Å². The van der Waals surface area contributed by atoms with E-state index in [1.54, 1.807) is 12.3 Å². The molecule has 1 atom stereocenters.